The van der Waals surface area contributed by atoms with E-state index in [1.54, 1.807) is 30.5 Å². The number of halogens is 2. The number of fused-ring (bicyclic) bond motifs is 1. The highest BCUT2D eigenvalue weighted by Gasteiger charge is 2.38. The Hall–Kier alpha value is -2.38. The Morgan fingerprint density at radius 1 is 0.938 bits per heavy atom. The van der Waals surface area contributed by atoms with Gasteiger partial charge in [0.15, 0.2) is 0 Å². The molecule has 3 aromatic rings. The lowest BCUT2D eigenvalue weighted by atomic mass is 10.1. The van der Waals surface area contributed by atoms with Crippen LogP contribution in [0.4, 0.5) is 5.69 Å². The van der Waals surface area contributed by atoms with Gasteiger partial charge in [0, 0.05) is 72.1 Å². The summed E-state index contributed by atoms with van der Waals surface area (Å²) in [6, 6.07) is 14.8. The van der Waals surface area contributed by atoms with Gasteiger partial charge < -0.3 is 14.9 Å². The van der Waals surface area contributed by atoms with Gasteiger partial charge >= 0.3 is 0 Å². The number of benzene rings is 2. The SMILES string of the molecule is O=C(c1ccc(Cl)cc1)N1CCN([C@@H]2CN(c3ccnc4cc(Cl)ccc34)C[C@H]2O)CC1. The van der Waals surface area contributed by atoms with Crippen LogP contribution in [0.25, 0.3) is 10.9 Å². The summed E-state index contributed by atoms with van der Waals surface area (Å²) in [5.41, 5.74) is 2.56. The van der Waals surface area contributed by atoms with Crippen molar-refractivity contribution in [3.05, 3.63) is 70.3 Å². The zero-order chi connectivity index (χ0) is 22.2. The first-order valence-electron chi connectivity index (χ1n) is 10.8. The Labute approximate surface area is 197 Å². The number of anilines is 1. The summed E-state index contributed by atoms with van der Waals surface area (Å²) >= 11 is 12.1. The highest BCUT2D eigenvalue weighted by molar-refractivity contribution is 6.31. The molecule has 2 aromatic carbocycles. The van der Waals surface area contributed by atoms with Gasteiger partial charge in [-0.15, -0.1) is 0 Å². The van der Waals surface area contributed by atoms with Crippen LogP contribution in [0.1, 0.15) is 10.4 Å². The van der Waals surface area contributed by atoms with Crippen molar-refractivity contribution in [2.24, 2.45) is 0 Å². The van der Waals surface area contributed by atoms with Crippen LogP contribution in [-0.2, 0) is 0 Å². The Morgan fingerprint density at radius 2 is 1.66 bits per heavy atom. The summed E-state index contributed by atoms with van der Waals surface area (Å²) in [4.78, 5) is 23.6. The van der Waals surface area contributed by atoms with E-state index in [9.17, 15) is 9.90 Å². The third-order valence-electron chi connectivity index (χ3n) is 6.44. The second-order valence-electron chi connectivity index (χ2n) is 8.37. The Kier molecular flexibility index (Phi) is 5.95. The summed E-state index contributed by atoms with van der Waals surface area (Å²) in [6.07, 6.45) is 1.33. The third kappa shape index (κ3) is 4.16. The molecular formula is C24H24Cl2N4O2. The third-order valence-corrected chi connectivity index (χ3v) is 6.93. The Bertz CT molecular complexity index is 1130. The lowest BCUT2D eigenvalue weighted by molar-refractivity contribution is 0.0376. The number of carbonyl (C=O) groups is 1. The van der Waals surface area contributed by atoms with Gasteiger partial charge in [0.05, 0.1) is 17.7 Å². The van der Waals surface area contributed by atoms with Crippen LogP contribution in [0.15, 0.2) is 54.7 Å². The average Bonchev–Trinajstić information content (AvgIpc) is 3.20. The fourth-order valence-corrected chi connectivity index (χ4v) is 5.03. The smallest absolute Gasteiger partial charge is 0.253 e. The van der Waals surface area contributed by atoms with Gasteiger partial charge in [0.25, 0.3) is 5.91 Å². The summed E-state index contributed by atoms with van der Waals surface area (Å²) in [7, 11) is 0. The zero-order valence-corrected chi connectivity index (χ0v) is 19.0. The standard InChI is InChI=1S/C24H24Cl2N4O2/c25-17-3-1-16(2-4-17)24(32)29-11-9-28(10-12-29)22-14-30(15-23(22)31)21-7-8-27-20-13-18(26)5-6-19(20)21/h1-8,13,22-23,31H,9-12,14-15H2/t22-,23-/m1/s1. The highest BCUT2D eigenvalue weighted by Crippen LogP contribution is 2.31. The quantitative estimate of drug-likeness (QED) is 0.634. The number of hydrogen-bond acceptors (Lipinski definition) is 5. The van der Waals surface area contributed by atoms with Crippen molar-refractivity contribution in [1.82, 2.24) is 14.8 Å². The van der Waals surface area contributed by atoms with Crippen LogP contribution in [0, 0.1) is 0 Å². The predicted molar refractivity (Wildman–Crippen MR) is 128 cm³/mol. The first-order chi connectivity index (χ1) is 15.5. The minimum atomic E-state index is -0.455. The molecule has 8 heteroatoms. The number of β-amino-alcohol motifs (C(OH)–C–C–N with tert-alkyl or cyclic N) is 1. The van der Waals surface area contributed by atoms with Crippen molar-refractivity contribution in [1.29, 1.82) is 0 Å². The Balaban J connectivity index is 1.25. The monoisotopic (exact) mass is 470 g/mol. The van der Waals surface area contributed by atoms with Gasteiger partial charge in [-0.3, -0.25) is 14.7 Å². The van der Waals surface area contributed by atoms with E-state index in [1.807, 2.05) is 29.2 Å². The number of rotatable bonds is 3. The molecule has 3 heterocycles. The first-order valence-corrected chi connectivity index (χ1v) is 11.5. The van der Waals surface area contributed by atoms with E-state index in [2.05, 4.69) is 14.8 Å². The molecule has 5 rings (SSSR count). The number of hydrogen-bond donors (Lipinski definition) is 1. The molecule has 0 spiro atoms. The number of piperazine rings is 1. The van der Waals surface area contributed by atoms with Gasteiger partial charge in [0.2, 0.25) is 0 Å². The molecule has 166 valence electrons. The number of aromatic nitrogens is 1. The van der Waals surface area contributed by atoms with Crippen LogP contribution >= 0.6 is 23.2 Å². The van der Waals surface area contributed by atoms with E-state index in [0.717, 1.165) is 36.2 Å². The molecule has 1 N–H and O–H groups in total. The van der Waals surface area contributed by atoms with Crippen molar-refractivity contribution in [2.45, 2.75) is 12.1 Å². The summed E-state index contributed by atoms with van der Waals surface area (Å²) in [6.45, 7) is 4.05. The fraction of sp³-hybridized carbons (Fsp3) is 0.333. The molecule has 2 atom stereocenters. The number of pyridine rings is 1. The van der Waals surface area contributed by atoms with Crippen molar-refractivity contribution >= 4 is 45.7 Å². The van der Waals surface area contributed by atoms with Crippen LogP contribution in [-0.4, -0.2) is 77.2 Å². The van der Waals surface area contributed by atoms with E-state index >= 15 is 0 Å². The molecule has 6 nitrogen and oxygen atoms in total. The number of aliphatic hydroxyl groups is 1. The van der Waals surface area contributed by atoms with Crippen LogP contribution in [0.3, 0.4) is 0 Å². The lowest BCUT2D eigenvalue weighted by Gasteiger charge is -2.38. The maximum Gasteiger partial charge on any atom is 0.253 e. The van der Waals surface area contributed by atoms with E-state index in [0.29, 0.717) is 35.2 Å². The minimum Gasteiger partial charge on any atom is -0.390 e. The van der Waals surface area contributed by atoms with E-state index < -0.39 is 6.10 Å². The number of amides is 1. The van der Waals surface area contributed by atoms with Crippen molar-refractivity contribution in [3.8, 4) is 0 Å². The van der Waals surface area contributed by atoms with Gasteiger partial charge in [-0.05, 0) is 48.5 Å². The maximum absolute atomic E-state index is 12.8. The zero-order valence-electron chi connectivity index (χ0n) is 17.5. The fourth-order valence-electron chi connectivity index (χ4n) is 4.74. The predicted octanol–water partition coefficient (Wildman–Crippen LogP) is 3.55. The molecule has 1 amide bonds. The molecule has 2 fully saturated rings. The van der Waals surface area contributed by atoms with Gasteiger partial charge in [-0.2, -0.15) is 0 Å². The molecule has 32 heavy (non-hydrogen) atoms. The second-order valence-corrected chi connectivity index (χ2v) is 9.24. The average molecular weight is 471 g/mol. The van der Waals surface area contributed by atoms with Crippen molar-refractivity contribution in [3.63, 3.8) is 0 Å². The number of carbonyl (C=O) groups excluding carboxylic acids is 1. The van der Waals surface area contributed by atoms with E-state index in [1.165, 1.54) is 0 Å². The van der Waals surface area contributed by atoms with E-state index in [-0.39, 0.29) is 11.9 Å². The summed E-state index contributed by atoms with van der Waals surface area (Å²) in [5, 5.41) is 13.2. The molecule has 2 saturated heterocycles. The molecule has 2 aliphatic heterocycles. The first kappa shape index (κ1) is 21.5. The van der Waals surface area contributed by atoms with Gasteiger partial charge in [-0.25, -0.2) is 0 Å². The molecule has 0 radical (unpaired) electrons. The molecule has 2 aliphatic rings. The largest absolute Gasteiger partial charge is 0.390 e. The van der Waals surface area contributed by atoms with Gasteiger partial charge in [-0.1, -0.05) is 23.2 Å². The normalized spacial score (nSPS) is 22.0. The maximum atomic E-state index is 12.8. The van der Waals surface area contributed by atoms with Crippen molar-refractivity contribution in [2.75, 3.05) is 44.2 Å². The van der Waals surface area contributed by atoms with Crippen LogP contribution in [0.2, 0.25) is 10.0 Å². The molecular weight excluding hydrogens is 447 g/mol. The highest BCUT2D eigenvalue weighted by atomic mass is 35.5. The van der Waals surface area contributed by atoms with Gasteiger partial charge in [0.1, 0.15) is 0 Å². The number of aliphatic hydroxyl groups excluding tert-OH is 1. The molecule has 1 aromatic heterocycles. The summed E-state index contributed by atoms with van der Waals surface area (Å²) in [5.74, 6) is 0.0248. The minimum absolute atomic E-state index is 0.0248. The van der Waals surface area contributed by atoms with Crippen LogP contribution < -0.4 is 4.90 Å². The molecule has 0 aliphatic carbocycles. The molecule has 0 saturated carbocycles. The molecule has 0 bridgehead atoms. The lowest BCUT2D eigenvalue weighted by Crippen LogP contribution is -2.54. The summed E-state index contributed by atoms with van der Waals surface area (Å²) < 4.78 is 0. The van der Waals surface area contributed by atoms with Crippen molar-refractivity contribution < 1.29 is 9.90 Å². The van der Waals surface area contributed by atoms with Crippen LogP contribution in [0.5, 0.6) is 0 Å². The molecule has 0 unspecified atom stereocenters. The number of nitrogens with zero attached hydrogens (tertiary/aromatic N) is 4. The van der Waals surface area contributed by atoms with E-state index in [4.69, 9.17) is 23.2 Å². The Morgan fingerprint density at radius 3 is 2.41 bits per heavy atom. The second kappa shape index (κ2) is 8.87. The topological polar surface area (TPSA) is 59.9 Å².